The minimum Gasteiger partial charge on any atom is -0.481 e. The SMILES string of the molecule is Cc1ccc(-c2noc(CCC(=O)O)n2)cc1Br. The first-order chi connectivity index (χ1) is 8.56. The van der Waals surface area contributed by atoms with Crippen LogP contribution in [-0.4, -0.2) is 21.2 Å². The van der Waals surface area contributed by atoms with E-state index in [0.29, 0.717) is 11.7 Å². The quantitative estimate of drug-likeness (QED) is 0.939. The van der Waals surface area contributed by atoms with Crippen molar-refractivity contribution in [3.63, 3.8) is 0 Å². The van der Waals surface area contributed by atoms with Crippen molar-refractivity contribution >= 4 is 21.9 Å². The monoisotopic (exact) mass is 310 g/mol. The second kappa shape index (κ2) is 5.30. The highest BCUT2D eigenvalue weighted by Crippen LogP contribution is 2.23. The molecule has 0 bridgehead atoms. The lowest BCUT2D eigenvalue weighted by atomic mass is 10.1. The number of aliphatic carboxylic acids is 1. The summed E-state index contributed by atoms with van der Waals surface area (Å²) in [6, 6.07) is 5.75. The molecule has 0 radical (unpaired) electrons. The second-order valence-corrected chi connectivity index (χ2v) is 4.72. The van der Waals surface area contributed by atoms with Gasteiger partial charge in [0.25, 0.3) is 0 Å². The zero-order chi connectivity index (χ0) is 13.1. The second-order valence-electron chi connectivity index (χ2n) is 3.87. The Bertz CT molecular complexity index is 580. The van der Waals surface area contributed by atoms with E-state index in [1.807, 2.05) is 25.1 Å². The van der Waals surface area contributed by atoms with Gasteiger partial charge in [0.05, 0.1) is 6.42 Å². The molecule has 0 saturated carbocycles. The van der Waals surface area contributed by atoms with Crippen molar-refractivity contribution in [2.75, 3.05) is 0 Å². The highest BCUT2D eigenvalue weighted by atomic mass is 79.9. The number of nitrogens with zero attached hydrogens (tertiary/aromatic N) is 2. The van der Waals surface area contributed by atoms with Gasteiger partial charge in [-0.3, -0.25) is 4.79 Å². The molecule has 1 aromatic carbocycles. The first-order valence-corrected chi connectivity index (χ1v) is 6.16. The number of carboxylic acids is 1. The van der Waals surface area contributed by atoms with Crippen molar-refractivity contribution in [2.24, 2.45) is 0 Å². The molecule has 0 aliphatic rings. The molecule has 0 aliphatic heterocycles. The molecule has 1 aromatic heterocycles. The molecule has 0 atom stereocenters. The maximum absolute atomic E-state index is 10.4. The van der Waals surface area contributed by atoms with Crippen molar-refractivity contribution in [3.8, 4) is 11.4 Å². The molecule has 0 aliphatic carbocycles. The van der Waals surface area contributed by atoms with Crippen LogP contribution >= 0.6 is 15.9 Å². The van der Waals surface area contributed by atoms with Crippen LogP contribution in [0.15, 0.2) is 27.2 Å². The molecule has 0 spiro atoms. The van der Waals surface area contributed by atoms with E-state index in [4.69, 9.17) is 9.63 Å². The van der Waals surface area contributed by atoms with Crippen molar-refractivity contribution < 1.29 is 14.4 Å². The minimum atomic E-state index is -0.882. The highest BCUT2D eigenvalue weighted by Gasteiger charge is 2.10. The van der Waals surface area contributed by atoms with Gasteiger partial charge in [-0.05, 0) is 18.6 Å². The fourth-order valence-electron chi connectivity index (χ4n) is 1.42. The average Bonchev–Trinajstić information content (AvgIpc) is 2.79. The largest absolute Gasteiger partial charge is 0.481 e. The standard InChI is InChI=1S/C12H11BrN2O3/c1-7-2-3-8(6-9(7)13)12-14-10(18-15-12)4-5-11(16)17/h2-3,6H,4-5H2,1H3,(H,16,17). The van der Waals surface area contributed by atoms with Gasteiger partial charge < -0.3 is 9.63 Å². The van der Waals surface area contributed by atoms with E-state index in [-0.39, 0.29) is 12.8 Å². The first-order valence-electron chi connectivity index (χ1n) is 5.37. The molecule has 18 heavy (non-hydrogen) atoms. The lowest BCUT2D eigenvalue weighted by molar-refractivity contribution is -0.137. The van der Waals surface area contributed by atoms with Crippen LogP contribution in [0.3, 0.4) is 0 Å². The van der Waals surface area contributed by atoms with E-state index < -0.39 is 5.97 Å². The smallest absolute Gasteiger partial charge is 0.303 e. The molecule has 2 aromatic rings. The molecule has 94 valence electrons. The molecular formula is C12H11BrN2O3. The number of hydrogen-bond acceptors (Lipinski definition) is 4. The minimum absolute atomic E-state index is 0.0147. The number of aryl methyl sites for hydroxylation is 2. The Morgan fingerprint density at radius 1 is 1.50 bits per heavy atom. The predicted octanol–water partition coefficient (Wildman–Crippen LogP) is 2.82. The van der Waals surface area contributed by atoms with Gasteiger partial charge in [-0.25, -0.2) is 0 Å². The topological polar surface area (TPSA) is 76.2 Å². The summed E-state index contributed by atoms with van der Waals surface area (Å²) in [7, 11) is 0. The van der Waals surface area contributed by atoms with E-state index in [0.717, 1.165) is 15.6 Å². The Labute approximate surface area is 112 Å². The number of halogens is 1. The van der Waals surface area contributed by atoms with Crippen molar-refractivity contribution in [1.82, 2.24) is 10.1 Å². The fourth-order valence-corrected chi connectivity index (χ4v) is 1.80. The first kappa shape index (κ1) is 12.8. The van der Waals surface area contributed by atoms with E-state index in [1.165, 1.54) is 0 Å². The van der Waals surface area contributed by atoms with Crippen LogP contribution in [-0.2, 0) is 11.2 Å². The lowest BCUT2D eigenvalue weighted by Gasteiger charge is -1.99. The van der Waals surface area contributed by atoms with Crippen molar-refractivity contribution in [2.45, 2.75) is 19.8 Å². The molecular weight excluding hydrogens is 300 g/mol. The van der Waals surface area contributed by atoms with Gasteiger partial charge in [0.15, 0.2) is 0 Å². The van der Waals surface area contributed by atoms with Gasteiger partial charge >= 0.3 is 5.97 Å². The predicted molar refractivity (Wildman–Crippen MR) is 68.1 cm³/mol. The molecule has 2 rings (SSSR count). The van der Waals surface area contributed by atoms with Crippen LogP contribution < -0.4 is 0 Å². The Kier molecular flexibility index (Phi) is 3.76. The normalized spacial score (nSPS) is 10.6. The summed E-state index contributed by atoms with van der Waals surface area (Å²) in [5.41, 5.74) is 1.95. The molecule has 0 amide bonds. The Balaban J connectivity index is 2.18. The molecule has 5 nitrogen and oxygen atoms in total. The third kappa shape index (κ3) is 2.95. The van der Waals surface area contributed by atoms with Crippen molar-refractivity contribution in [3.05, 3.63) is 34.1 Å². The maximum atomic E-state index is 10.4. The van der Waals surface area contributed by atoms with Gasteiger partial charge in [0.2, 0.25) is 11.7 Å². The average molecular weight is 311 g/mol. The van der Waals surface area contributed by atoms with E-state index in [2.05, 4.69) is 26.1 Å². The molecule has 0 fully saturated rings. The van der Waals surface area contributed by atoms with Gasteiger partial charge in [-0.2, -0.15) is 4.98 Å². The van der Waals surface area contributed by atoms with E-state index >= 15 is 0 Å². The highest BCUT2D eigenvalue weighted by molar-refractivity contribution is 9.10. The summed E-state index contributed by atoms with van der Waals surface area (Å²) in [4.78, 5) is 14.6. The molecule has 0 unspecified atom stereocenters. The van der Waals surface area contributed by atoms with Crippen LogP contribution in [0.5, 0.6) is 0 Å². The van der Waals surface area contributed by atoms with Gasteiger partial charge in [0.1, 0.15) is 0 Å². The lowest BCUT2D eigenvalue weighted by Crippen LogP contribution is -1.97. The summed E-state index contributed by atoms with van der Waals surface area (Å²) in [5, 5.41) is 12.4. The number of benzene rings is 1. The molecule has 6 heteroatoms. The fraction of sp³-hybridized carbons (Fsp3) is 0.250. The summed E-state index contributed by atoms with van der Waals surface area (Å²) < 4.78 is 5.97. The molecule has 0 saturated heterocycles. The van der Waals surface area contributed by atoms with Crippen molar-refractivity contribution in [1.29, 1.82) is 0 Å². The zero-order valence-corrected chi connectivity index (χ0v) is 11.3. The van der Waals surface area contributed by atoms with Crippen LogP contribution in [0.4, 0.5) is 0 Å². The number of carboxylic acid groups (broad SMARTS) is 1. The zero-order valence-electron chi connectivity index (χ0n) is 9.68. The van der Waals surface area contributed by atoms with E-state index in [1.54, 1.807) is 0 Å². The number of aromatic nitrogens is 2. The summed E-state index contributed by atoms with van der Waals surface area (Å²) in [6.07, 6.45) is 0.231. The number of rotatable bonds is 4. The van der Waals surface area contributed by atoms with E-state index in [9.17, 15) is 4.79 Å². The van der Waals surface area contributed by atoms with Crippen LogP contribution in [0.2, 0.25) is 0 Å². The Hall–Kier alpha value is -1.69. The van der Waals surface area contributed by atoms with Crippen LogP contribution in [0.1, 0.15) is 17.9 Å². The number of hydrogen-bond donors (Lipinski definition) is 1. The van der Waals surface area contributed by atoms with Gasteiger partial charge in [0, 0.05) is 16.5 Å². The van der Waals surface area contributed by atoms with Crippen LogP contribution in [0, 0.1) is 6.92 Å². The molecule has 1 N–H and O–H groups in total. The Morgan fingerprint density at radius 3 is 2.94 bits per heavy atom. The summed E-state index contributed by atoms with van der Waals surface area (Å²) in [6.45, 7) is 1.99. The third-order valence-electron chi connectivity index (χ3n) is 2.45. The van der Waals surface area contributed by atoms with Crippen LogP contribution in [0.25, 0.3) is 11.4 Å². The van der Waals surface area contributed by atoms with Gasteiger partial charge in [-0.15, -0.1) is 0 Å². The summed E-state index contributed by atoms with van der Waals surface area (Å²) >= 11 is 3.44. The van der Waals surface area contributed by atoms with Gasteiger partial charge in [-0.1, -0.05) is 33.2 Å². The molecule has 1 heterocycles. The number of carbonyl (C=O) groups is 1. The third-order valence-corrected chi connectivity index (χ3v) is 3.31. The Morgan fingerprint density at radius 2 is 2.28 bits per heavy atom. The summed E-state index contributed by atoms with van der Waals surface area (Å²) in [5.74, 6) is -0.0759. The maximum Gasteiger partial charge on any atom is 0.303 e.